The summed E-state index contributed by atoms with van der Waals surface area (Å²) in [6, 6.07) is 10.3. The summed E-state index contributed by atoms with van der Waals surface area (Å²) in [5, 5.41) is 3.67. The lowest BCUT2D eigenvalue weighted by atomic mass is 10.0. The molecule has 3 rings (SSSR count). The molecule has 6 nitrogen and oxygen atoms in total. The Hall–Kier alpha value is -3.28. The molecule has 0 spiro atoms. The number of benzene rings is 2. The number of hydrogen-bond acceptors (Lipinski definition) is 5. The summed E-state index contributed by atoms with van der Waals surface area (Å²) in [4.78, 5) is 24.4. The minimum absolute atomic E-state index is 0.207. The van der Waals surface area contributed by atoms with Crippen LogP contribution in [0.1, 0.15) is 27.0 Å². The second-order valence-corrected chi connectivity index (χ2v) is 6.30. The van der Waals surface area contributed by atoms with Crippen molar-refractivity contribution in [1.82, 2.24) is 5.32 Å². The molecule has 1 heterocycles. The van der Waals surface area contributed by atoms with Crippen molar-refractivity contribution in [2.75, 3.05) is 14.2 Å². The maximum Gasteiger partial charge on any atom is 0.336 e. The lowest BCUT2D eigenvalue weighted by Crippen LogP contribution is -2.23. The van der Waals surface area contributed by atoms with E-state index in [0.29, 0.717) is 28.2 Å². The smallest absolute Gasteiger partial charge is 0.336 e. The second-order valence-electron chi connectivity index (χ2n) is 6.30. The van der Waals surface area contributed by atoms with Crippen molar-refractivity contribution in [2.24, 2.45) is 0 Å². The first-order valence-corrected chi connectivity index (χ1v) is 8.47. The third kappa shape index (κ3) is 3.79. The van der Waals surface area contributed by atoms with Crippen LogP contribution in [0, 0.1) is 13.8 Å². The highest BCUT2D eigenvalue weighted by Gasteiger charge is 2.13. The first kappa shape index (κ1) is 18.5. The van der Waals surface area contributed by atoms with Crippen LogP contribution >= 0.6 is 0 Å². The van der Waals surface area contributed by atoms with Gasteiger partial charge in [0.15, 0.2) is 11.5 Å². The predicted octanol–water partition coefficient (Wildman–Crippen LogP) is 3.36. The molecule has 0 radical (unpaired) electrons. The van der Waals surface area contributed by atoms with Crippen molar-refractivity contribution in [2.45, 2.75) is 20.4 Å². The van der Waals surface area contributed by atoms with E-state index in [1.807, 2.05) is 26.0 Å². The van der Waals surface area contributed by atoms with Crippen molar-refractivity contribution in [1.29, 1.82) is 0 Å². The summed E-state index contributed by atoms with van der Waals surface area (Å²) >= 11 is 0. The van der Waals surface area contributed by atoms with Gasteiger partial charge in [-0.25, -0.2) is 4.79 Å². The first-order valence-electron chi connectivity index (χ1n) is 8.47. The number of ether oxygens (including phenoxy) is 2. The van der Waals surface area contributed by atoms with Gasteiger partial charge in [-0.1, -0.05) is 6.07 Å². The highest BCUT2D eigenvalue weighted by molar-refractivity contribution is 5.95. The molecule has 1 N–H and O–H groups in total. The molecule has 0 fully saturated rings. The second kappa shape index (κ2) is 7.53. The maximum atomic E-state index is 12.5. The van der Waals surface area contributed by atoms with Gasteiger partial charge < -0.3 is 19.2 Å². The van der Waals surface area contributed by atoms with Crippen LogP contribution in [-0.2, 0) is 6.54 Å². The Morgan fingerprint density at radius 1 is 1.04 bits per heavy atom. The summed E-state index contributed by atoms with van der Waals surface area (Å²) in [6.07, 6.45) is 0. The van der Waals surface area contributed by atoms with Gasteiger partial charge in [0.05, 0.1) is 14.2 Å². The number of methoxy groups -OCH3 is 2. The van der Waals surface area contributed by atoms with Crippen molar-refractivity contribution in [3.8, 4) is 11.5 Å². The van der Waals surface area contributed by atoms with Gasteiger partial charge in [-0.05, 0) is 54.8 Å². The summed E-state index contributed by atoms with van der Waals surface area (Å²) in [5.41, 5.74) is 3.19. The predicted molar refractivity (Wildman–Crippen MR) is 103 cm³/mol. The molecule has 1 aromatic heterocycles. The van der Waals surface area contributed by atoms with E-state index < -0.39 is 5.63 Å². The minimum Gasteiger partial charge on any atom is -0.493 e. The molecule has 0 saturated heterocycles. The normalized spacial score (nSPS) is 10.7. The van der Waals surface area contributed by atoms with E-state index in [9.17, 15) is 9.59 Å². The molecule has 0 unspecified atom stereocenters. The Kier molecular flexibility index (Phi) is 5.16. The van der Waals surface area contributed by atoms with E-state index in [1.165, 1.54) is 20.3 Å². The molecule has 0 aliphatic rings. The highest BCUT2D eigenvalue weighted by atomic mass is 16.5. The molecule has 0 bridgehead atoms. The quantitative estimate of drug-likeness (QED) is 0.700. The van der Waals surface area contributed by atoms with E-state index in [4.69, 9.17) is 13.9 Å². The monoisotopic (exact) mass is 367 g/mol. The average Bonchev–Trinajstić information content (AvgIpc) is 2.66. The first-order chi connectivity index (χ1) is 12.9. The Morgan fingerprint density at radius 2 is 1.78 bits per heavy atom. The van der Waals surface area contributed by atoms with Crippen LogP contribution in [0.5, 0.6) is 11.5 Å². The maximum absolute atomic E-state index is 12.5. The van der Waals surface area contributed by atoms with Gasteiger partial charge in [-0.3, -0.25) is 4.79 Å². The number of rotatable bonds is 5. The number of carbonyl (C=O) groups is 1. The van der Waals surface area contributed by atoms with Gasteiger partial charge >= 0.3 is 5.63 Å². The van der Waals surface area contributed by atoms with Gasteiger partial charge in [0, 0.05) is 23.6 Å². The molecule has 3 aromatic rings. The zero-order chi connectivity index (χ0) is 19.6. The van der Waals surface area contributed by atoms with Crippen LogP contribution in [0.25, 0.3) is 11.0 Å². The summed E-state index contributed by atoms with van der Waals surface area (Å²) in [7, 11) is 3.05. The zero-order valence-corrected chi connectivity index (χ0v) is 15.7. The van der Waals surface area contributed by atoms with E-state index in [2.05, 4.69) is 5.32 Å². The third-order valence-corrected chi connectivity index (χ3v) is 4.34. The lowest BCUT2D eigenvalue weighted by molar-refractivity contribution is 0.0950. The fraction of sp³-hybridized carbons (Fsp3) is 0.238. The molecule has 1 amide bonds. The summed E-state index contributed by atoms with van der Waals surface area (Å²) in [5.74, 6) is 0.746. The number of amides is 1. The number of nitrogens with one attached hydrogen (secondary N) is 1. The van der Waals surface area contributed by atoms with Crippen molar-refractivity contribution in [3.05, 3.63) is 69.1 Å². The molecule has 0 aliphatic carbocycles. The van der Waals surface area contributed by atoms with Crippen LogP contribution < -0.4 is 20.4 Å². The summed E-state index contributed by atoms with van der Waals surface area (Å²) < 4.78 is 15.7. The standard InChI is InChI=1S/C21H21NO5/c1-12-7-13(2)20-16(8-12)15(10-19(23)27-20)11-22-21(24)14-5-6-17(25-3)18(9-14)26-4/h5-10H,11H2,1-4H3,(H,22,24). The molecule has 0 aliphatic heterocycles. The van der Waals surface area contributed by atoms with Crippen LogP contribution in [0.4, 0.5) is 0 Å². The number of hydrogen-bond donors (Lipinski definition) is 1. The van der Waals surface area contributed by atoms with E-state index in [1.54, 1.807) is 18.2 Å². The van der Waals surface area contributed by atoms with Crippen LogP contribution in [0.2, 0.25) is 0 Å². The molecular weight excluding hydrogens is 346 g/mol. The van der Waals surface area contributed by atoms with Crippen molar-refractivity contribution in [3.63, 3.8) is 0 Å². The molecule has 2 aromatic carbocycles. The largest absolute Gasteiger partial charge is 0.493 e. The Bertz CT molecular complexity index is 1070. The molecule has 0 saturated carbocycles. The van der Waals surface area contributed by atoms with Gasteiger partial charge in [0.25, 0.3) is 5.91 Å². The lowest BCUT2D eigenvalue weighted by Gasteiger charge is -2.11. The number of carbonyl (C=O) groups excluding carboxylic acids is 1. The molecule has 6 heteroatoms. The van der Waals surface area contributed by atoms with Crippen molar-refractivity contribution >= 4 is 16.9 Å². The van der Waals surface area contributed by atoms with Crippen LogP contribution in [-0.4, -0.2) is 20.1 Å². The summed E-state index contributed by atoms with van der Waals surface area (Å²) in [6.45, 7) is 4.08. The van der Waals surface area contributed by atoms with E-state index in [-0.39, 0.29) is 12.5 Å². The van der Waals surface area contributed by atoms with Gasteiger partial charge in [0.1, 0.15) is 5.58 Å². The number of fused-ring (bicyclic) bond motifs is 1. The fourth-order valence-electron chi connectivity index (χ4n) is 3.08. The topological polar surface area (TPSA) is 77.8 Å². The van der Waals surface area contributed by atoms with Crippen molar-refractivity contribution < 1.29 is 18.7 Å². The molecular formula is C21H21NO5. The zero-order valence-electron chi connectivity index (χ0n) is 15.7. The SMILES string of the molecule is COc1ccc(C(=O)NCc2cc(=O)oc3c(C)cc(C)cc23)cc1OC. The molecule has 27 heavy (non-hydrogen) atoms. The average molecular weight is 367 g/mol. The van der Waals surface area contributed by atoms with E-state index >= 15 is 0 Å². The Labute approximate surface area is 156 Å². The molecule has 0 atom stereocenters. The minimum atomic E-state index is -0.440. The van der Waals surface area contributed by atoms with Gasteiger partial charge in [0.2, 0.25) is 0 Å². The number of aryl methyl sites for hydroxylation is 2. The Morgan fingerprint density at radius 3 is 2.48 bits per heavy atom. The van der Waals surface area contributed by atoms with E-state index in [0.717, 1.165) is 16.5 Å². The van der Waals surface area contributed by atoms with Gasteiger partial charge in [-0.15, -0.1) is 0 Å². The molecule has 140 valence electrons. The highest BCUT2D eigenvalue weighted by Crippen LogP contribution is 2.27. The Balaban J connectivity index is 1.89. The fourth-order valence-corrected chi connectivity index (χ4v) is 3.08. The third-order valence-electron chi connectivity index (χ3n) is 4.34. The van der Waals surface area contributed by atoms with Crippen LogP contribution in [0.15, 0.2) is 45.6 Å². The van der Waals surface area contributed by atoms with Crippen LogP contribution in [0.3, 0.4) is 0 Å². The van der Waals surface area contributed by atoms with Gasteiger partial charge in [-0.2, -0.15) is 0 Å².